The van der Waals surface area contributed by atoms with Gasteiger partial charge in [-0.3, -0.25) is 9.69 Å². The van der Waals surface area contributed by atoms with Crippen molar-refractivity contribution >= 4 is 5.91 Å². The molecule has 0 aromatic heterocycles. The molecule has 1 heterocycles. The first-order chi connectivity index (χ1) is 11.7. The molecule has 132 valence electrons. The minimum Gasteiger partial charge on any atom is -0.371 e. The van der Waals surface area contributed by atoms with Gasteiger partial charge in [0.25, 0.3) is 5.91 Å². The van der Waals surface area contributed by atoms with Crippen molar-refractivity contribution in [2.24, 2.45) is 0 Å². The fourth-order valence-corrected chi connectivity index (χ4v) is 4.18. The van der Waals surface area contributed by atoms with Crippen LogP contribution in [0.5, 0.6) is 0 Å². The Morgan fingerprint density at radius 1 is 1.29 bits per heavy atom. The summed E-state index contributed by atoms with van der Waals surface area (Å²) in [5.74, 6) is 0.131. The van der Waals surface area contributed by atoms with Gasteiger partial charge in [-0.1, -0.05) is 13.0 Å². The third kappa shape index (κ3) is 3.22. The van der Waals surface area contributed by atoms with Crippen molar-refractivity contribution < 1.29 is 9.53 Å². The maximum absolute atomic E-state index is 12.7. The van der Waals surface area contributed by atoms with Gasteiger partial charge in [-0.15, -0.1) is 0 Å². The number of benzene rings is 1. The predicted octanol–water partition coefficient (Wildman–Crippen LogP) is 3.27. The summed E-state index contributed by atoms with van der Waals surface area (Å²) in [5.41, 5.74) is 3.39. The molecule has 4 nitrogen and oxygen atoms in total. The number of nitrogens with zero attached hydrogens (tertiary/aromatic N) is 2. The number of ether oxygens (including phenoxy) is 1. The summed E-state index contributed by atoms with van der Waals surface area (Å²) in [4.78, 5) is 17.2. The highest BCUT2D eigenvalue weighted by atomic mass is 16.5. The smallest absolute Gasteiger partial charge is 0.253 e. The monoisotopic (exact) mass is 330 g/mol. The highest BCUT2D eigenvalue weighted by Crippen LogP contribution is 2.38. The van der Waals surface area contributed by atoms with Crippen LogP contribution >= 0.6 is 0 Å². The highest BCUT2D eigenvalue weighted by Gasteiger charge is 2.37. The molecule has 0 spiro atoms. The van der Waals surface area contributed by atoms with Gasteiger partial charge in [-0.2, -0.15) is 0 Å². The Bertz CT molecular complexity index is 581. The first-order valence-electron chi connectivity index (χ1n) is 9.47. The number of fused-ring (bicyclic) bond motifs is 3. The molecular weight excluding hydrogens is 300 g/mol. The third-order valence-electron chi connectivity index (χ3n) is 5.46. The molecule has 1 aromatic carbocycles. The SMILES string of the molecule is CCCN1CCOC2c3cc(C(=O)N(CC)CC)ccc3CCC21. The van der Waals surface area contributed by atoms with Crippen LogP contribution in [0, 0.1) is 0 Å². The van der Waals surface area contributed by atoms with Crippen LogP contribution in [-0.4, -0.2) is 54.5 Å². The number of rotatable bonds is 5. The van der Waals surface area contributed by atoms with Crippen molar-refractivity contribution in [2.75, 3.05) is 32.8 Å². The Labute approximate surface area is 145 Å². The largest absolute Gasteiger partial charge is 0.371 e. The number of amides is 1. The number of morpholine rings is 1. The molecule has 0 radical (unpaired) electrons. The van der Waals surface area contributed by atoms with Crippen LogP contribution in [0.1, 0.15) is 61.2 Å². The lowest BCUT2D eigenvalue weighted by atomic mass is 9.83. The van der Waals surface area contributed by atoms with Gasteiger partial charge in [0.2, 0.25) is 0 Å². The molecule has 1 aliphatic heterocycles. The number of hydrogen-bond acceptors (Lipinski definition) is 3. The van der Waals surface area contributed by atoms with Crippen LogP contribution in [0.4, 0.5) is 0 Å². The van der Waals surface area contributed by atoms with E-state index in [4.69, 9.17) is 4.74 Å². The van der Waals surface area contributed by atoms with E-state index in [1.54, 1.807) is 0 Å². The lowest BCUT2D eigenvalue weighted by Crippen LogP contribution is -2.49. The minimum atomic E-state index is 0.124. The number of carbonyl (C=O) groups excluding carboxylic acids is 1. The molecule has 1 aliphatic carbocycles. The van der Waals surface area contributed by atoms with E-state index in [1.807, 2.05) is 24.8 Å². The molecule has 1 aromatic rings. The standard InChI is InChI=1S/C20H30N2O2/c1-4-11-22-12-13-24-19-17-14-16(20(23)21(5-2)6-3)8-7-15(17)9-10-18(19)22/h7-8,14,18-19H,4-6,9-13H2,1-3H3. The Balaban J connectivity index is 1.89. The fraction of sp³-hybridized carbons (Fsp3) is 0.650. The first kappa shape index (κ1) is 17.4. The summed E-state index contributed by atoms with van der Waals surface area (Å²) in [6, 6.07) is 6.70. The first-order valence-corrected chi connectivity index (χ1v) is 9.47. The van der Waals surface area contributed by atoms with Crippen LogP contribution in [0.2, 0.25) is 0 Å². The van der Waals surface area contributed by atoms with E-state index in [9.17, 15) is 4.79 Å². The zero-order valence-corrected chi connectivity index (χ0v) is 15.3. The van der Waals surface area contributed by atoms with Crippen LogP contribution in [0.3, 0.4) is 0 Å². The fourth-order valence-electron chi connectivity index (χ4n) is 4.18. The molecular formula is C20H30N2O2. The van der Waals surface area contributed by atoms with Crippen molar-refractivity contribution in [3.8, 4) is 0 Å². The van der Waals surface area contributed by atoms with E-state index in [2.05, 4.69) is 24.0 Å². The highest BCUT2D eigenvalue weighted by molar-refractivity contribution is 5.94. The van der Waals surface area contributed by atoms with Crippen LogP contribution in [0.15, 0.2) is 18.2 Å². The Hall–Kier alpha value is -1.39. The summed E-state index contributed by atoms with van der Waals surface area (Å²) in [7, 11) is 0. The quantitative estimate of drug-likeness (QED) is 0.831. The minimum absolute atomic E-state index is 0.124. The Morgan fingerprint density at radius 2 is 2.08 bits per heavy atom. The van der Waals surface area contributed by atoms with Gasteiger partial charge >= 0.3 is 0 Å². The molecule has 2 aliphatic rings. The topological polar surface area (TPSA) is 32.8 Å². The summed E-state index contributed by atoms with van der Waals surface area (Å²) in [5, 5.41) is 0. The van der Waals surface area contributed by atoms with Gasteiger partial charge in [0.05, 0.1) is 12.7 Å². The molecule has 1 fully saturated rings. The Morgan fingerprint density at radius 3 is 2.79 bits per heavy atom. The zero-order valence-electron chi connectivity index (χ0n) is 15.3. The van der Waals surface area contributed by atoms with Gasteiger partial charge in [0.15, 0.2) is 0 Å². The zero-order chi connectivity index (χ0) is 17.1. The van der Waals surface area contributed by atoms with Gasteiger partial charge in [0, 0.05) is 31.2 Å². The number of hydrogen-bond donors (Lipinski definition) is 0. The molecule has 3 rings (SSSR count). The molecule has 2 atom stereocenters. The van der Waals surface area contributed by atoms with Crippen molar-refractivity contribution in [2.45, 2.75) is 52.2 Å². The van der Waals surface area contributed by atoms with E-state index in [1.165, 1.54) is 17.5 Å². The molecule has 0 N–H and O–H groups in total. The maximum Gasteiger partial charge on any atom is 0.253 e. The lowest BCUT2D eigenvalue weighted by molar-refractivity contribution is -0.0801. The summed E-state index contributed by atoms with van der Waals surface area (Å²) in [6.07, 6.45) is 3.54. The van der Waals surface area contributed by atoms with Crippen molar-refractivity contribution in [1.29, 1.82) is 0 Å². The van der Waals surface area contributed by atoms with E-state index >= 15 is 0 Å². The van der Waals surface area contributed by atoms with Gasteiger partial charge in [0.1, 0.15) is 0 Å². The normalized spacial score (nSPS) is 23.5. The molecule has 1 saturated heterocycles. The van der Waals surface area contributed by atoms with E-state index in [0.717, 1.165) is 51.2 Å². The molecule has 2 unspecified atom stereocenters. The predicted molar refractivity (Wildman–Crippen MR) is 96.4 cm³/mol. The van der Waals surface area contributed by atoms with Crippen molar-refractivity contribution in [3.63, 3.8) is 0 Å². The number of aryl methyl sites for hydroxylation is 1. The van der Waals surface area contributed by atoms with Gasteiger partial charge in [-0.25, -0.2) is 0 Å². The van der Waals surface area contributed by atoms with Crippen LogP contribution < -0.4 is 0 Å². The second-order valence-electron chi connectivity index (χ2n) is 6.82. The molecule has 1 amide bonds. The lowest BCUT2D eigenvalue weighted by Gasteiger charge is -2.44. The van der Waals surface area contributed by atoms with Gasteiger partial charge < -0.3 is 9.64 Å². The van der Waals surface area contributed by atoms with E-state index in [-0.39, 0.29) is 12.0 Å². The Kier molecular flexibility index (Phi) is 5.57. The number of carbonyl (C=O) groups is 1. The van der Waals surface area contributed by atoms with Crippen molar-refractivity contribution in [1.82, 2.24) is 9.80 Å². The molecule has 24 heavy (non-hydrogen) atoms. The second kappa shape index (κ2) is 7.66. The average Bonchev–Trinajstić information content (AvgIpc) is 2.62. The summed E-state index contributed by atoms with van der Waals surface area (Å²) >= 11 is 0. The maximum atomic E-state index is 12.7. The van der Waals surface area contributed by atoms with Crippen molar-refractivity contribution in [3.05, 3.63) is 34.9 Å². The van der Waals surface area contributed by atoms with E-state index < -0.39 is 0 Å². The van der Waals surface area contributed by atoms with E-state index in [0.29, 0.717) is 6.04 Å². The van der Waals surface area contributed by atoms with Crippen LogP contribution in [-0.2, 0) is 11.2 Å². The van der Waals surface area contributed by atoms with Crippen LogP contribution in [0.25, 0.3) is 0 Å². The summed E-state index contributed by atoms with van der Waals surface area (Å²) in [6.45, 7) is 10.8. The molecule has 0 saturated carbocycles. The van der Waals surface area contributed by atoms with Gasteiger partial charge in [-0.05, 0) is 62.9 Å². The molecule has 0 bridgehead atoms. The summed E-state index contributed by atoms with van der Waals surface area (Å²) < 4.78 is 6.17. The second-order valence-corrected chi connectivity index (χ2v) is 6.82. The third-order valence-corrected chi connectivity index (χ3v) is 5.46. The average molecular weight is 330 g/mol. The molecule has 4 heteroatoms.